The molecule has 0 saturated heterocycles. The highest BCUT2D eigenvalue weighted by Crippen LogP contribution is 2.37. The quantitative estimate of drug-likeness (QED) is 0.302. The fourth-order valence-corrected chi connectivity index (χ4v) is 6.41. The summed E-state index contributed by atoms with van der Waals surface area (Å²) in [7, 11) is 2.97. The maximum absolute atomic E-state index is 13.8. The molecule has 0 aliphatic carbocycles. The van der Waals surface area contributed by atoms with Gasteiger partial charge in [-0.25, -0.2) is 0 Å². The number of benzene rings is 3. The molecule has 4 aliphatic heterocycles. The van der Waals surface area contributed by atoms with Gasteiger partial charge in [0.15, 0.2) is 23.0 Å². The number of nitrogens with zero attached hydrogens (tertiary/aromatic N) is 2. The van der Waals surface area contributed by atoms with E-state index in [4.69, 9.17) is 18.9 Å². The van der Waals surface area contributed by atoms with Gasteiger partial charge in [0.1, 0.15) is 24.4 Å². The normalized spacial score (nSPS) is 19.4. The molecule has 7 rings (SSSR count). The van der Waals surface area contributed by atoms with Crippen molar-refractivity contribution >= 4 is 29.5 Å². The topological polar surface area (TPSA) is 177 Å². The number of hydrogen-bond donors (Lipinski definition) is 4. The van der Waals surface area contributed by atoms with Crippen LogP contribution in [0.1, 0.15) is 55.1 Å². The summed E-state index contributed by atoms with van der Waals surface area (Å²) >= 11 is 0. The molecule has 0 radical (unpaired) electrons. The molecule has 0 saturated carbocycles. The van der Waals surface area contributed by atoms with E-state index in [0.717, 1.165) is 16.9 Å². The molecule has 3 aromatic carbocycles. The SMILES string of the molecule is COc1cc2ccc1Oc1ccc(cc1OC)C(=O)NCCN(C(=O)CN1CCOc3ccccc3C1)CCCC(=O)N[C@H](C)C(=O)N[C@@H](C(C)C)C(=O)NC2. The number of para-hydroxylation sites is 1. The maximum Gasteiger partial charge on any atom is 0.251 e. The lowest BCUT2D eigenvalue weighted by Gasteiger charge is -2.27. The first-order valence-corrected chi connectivity index (χ1v) is 18.8. The number of amides is 5. The summed E-state index contributed by atoms with van der Waals surface area (Å²) in [5.41, 5.74) is 2.03. The van der Waals surface area contributed by atoms with Crippen LogP contribution < -0.4 is 40.2 Å². The van der Waals surface area contributed by atoms with Crippen molar-refractivity contribution in [2.75, 3.05) is 53.6 Å². The summed E-state index contributed by atoms with van der Waals surface area (Å²) in [4.78, 5) is 70.2. The molecule has 3 aromatic rings. The fourth-order valence-electron chi connectivity index (χ4n) is 6.41. The van der Waals surface area contributed by atoms with Gasteiger partial charge in [-0.05, 0) is 61.2 Å². The Labute approximate surface area is 327 Å². The Hall–Kier alpha value is -5.83. The molecule has 300 valence electrons. The molecule has 4 bridgehead atoms. The van der Waals surface area contributed by atoms with Crippen molar-refractivity contribution in [3.63, 3.8) is 0 Å². The molecule has 4 aliphatic rings. The first-order valence-electron chi connectivity index (χ1n) is 18.8. The van der Waals surface area contributed by atoms with E-state index in [1.165, 1.54) is 14.2 Å². The lowest BCUT2D eigenvalue weighted by molar-refractivity contribution is -0.133. The average Bonchev–Trinajstić information content (AvgIpc) is 3.39. The van der Waals surface area contributed by atoms with Gasteiger partial charge in [0.05, 0.1) is 20.8 Å². The average molecular weight is 773 g/mol. The van der Waals surface area contributed by atoms with E-state index in [9.17, 15) is 24.0 Å². The molecule has 5 amide bonds. The van der Waals surface area contributed by atoms with Crippen LogP contribution in [0, 0.1) is 5.92 Å². The first-order chi connectivity index (χ1) is 26.9. The summed E-state index contributed by atoms with van der Waals surface area (Å²) < 4.78 is 23.2. The Kier molecular flexibility index (Phi) is 14.5. The van der Waals surface area contributed by atoms with E-state index in [2.05, 4.69) is 21.3 Å². The highest BCUT2D eigenvalue weighted by Gasteiger charge is 2.27. The zero-order chi connectivity index (χ0) is 40.2. The molecule has 0 unspecified atom stereocenters. The minimum atomic E-state index is -0.916. The summed E-state index contributed by atoms with van der Waals surface area (Å²) in [5.74, 6) is 0.179. The summed E-state index contributed by atoms with van der Waals surface area (Å²) in [6, 6.07) is 15.9. The van der Waals surface area contributed by atoms with Gasteiger partial charge in [-0.15, -0.1) is 0 Å². The van der Waals surface area contributed by atoms with Crippen LogP contribution in [0.4, 0.5) is 0 Å². The van der Waals surface area contributed by atoms with Gasteiger partial charge in [0, 0.05) is 56.8 Å². The molecule has 0 fully saturated rings. The van der Waals surface area contributed by atoms with Crippen molar-refractivity contribution in [3.05, 3.63) is 77.4 Å². The Morgan fingerprint density at radius 3 is 2.34 bits per heavy atom. The molecule has 56 heavy (non-hydrogen) atoms. The van der Waals surface area contributed by atoms with Crippen LogP contribution in [-0.4, -0.2) is 105 Å². The summed E-state index contributed by atoms with van der Waals surface area (Å²) in [6.45, 7) is 7.55. The standard InChI is InChI=1S/C41H52N6O9/c1-26(2)38-41(52)43-23-28-12-14-32(34(21-28)53-4)56-33-15-13-29(22-35(33)54-5)40(51)42-16-18-47(17-8-11-36(48)44-27(3)39(50)45-38)37(49)25-46-19-20-55-31-10-7-6-9-30(31)24-46/h6-7,9-10,12-15,21-22,26-27,38H,8,11,16-20,23-25H2,1-5H3,(H,42,51)(H,43,52)(H,44,48)(H,45,50)/t27-,38+/m1/s1. The summed E-state index contributed by atoms with van der Waals surface area (Å²) in [6.07, 6.45) is 0.357. The Balaban J connectivity index is 1.36. The molecule has 4 N–H and O–H groups in total. The van der Waals surface area contributed by atoms with Crippen molar-refractivity contribution in [2.24, 2.45) is 5.92 Å². The monoisotopic (exact) mass is 772 g/mol. The maximum atomic E-state index is 13.8. The number of ether oxygens (including phenoxy) is 4. The van der Waals surface area contributed by atoms with E-state index in [1.807, 2.05) is 43.0 Å². The molecule has 15 heteroatoms. The number of fused-ring (bicyclic) bond motifs is 3. The molecule has 0 aromatic heterocycles. The van der Waals surface area contributed by atoms with Gasteiger partial charge in [-0.1, -0.05) is 38.1 Å². The number of rotatable bonds is 5. The molecular formula is C41H52N6O9. The Morgan fingerprint density at radius 1 is 0.857 bits per heavy atom. The van der Waals surface area contributed by atoms with Crippen LogP contribution in [0.3, 0.4) is 0 Å². The van der Waals surface area contributed by atoms with Crippen LogP contribution in [-0.2, 0) is 32.3 Å². The van der Waals surface area contributed by atoms with Crippen molar-refractivity contribution in [2.45, 2.75) is 58.8 Å². The second-order valence-electron chi connectivity index (χ2n) is 14.1. The van der Waals surface area contributed by atoms with Crippen LogP contribution in [0.25, 0.3) is 0 Å². The highest BCUT2D eigenvalue weighted by atomic mass is 16.5. The van der Waals surface area contributed by atoms with Crippen molar-refractivity contribution in [1.82, 2.24) is 31.1 Å². The van der Waals surface area contributed by atoms with Crippen LogP contribution in [0.15, 0.2) is 60.7 Å². The van der Waals surface area contributed by atoms with E-state index >= 15 is 0 Å². The largest absolute Gasteiger partial charge is 0.493 e. The van der Waals surface area contributed by atoms with Gasteiger partial charge >= 0.3 is 0 Å². The molecule has 2 atom stereocenters. The van der Waals surface area contributed by atoms with Crippen LogP contribution in [0.5, 0.6) is 28.7 Å². The van der Waals surface area contributed by atoms with E-state index in [-0.39, 0.29) is 68.7 Å². The van der Waals surface area contributed by atoms with Gasteiger partial charge in [0.2, 0.25) is 23.6 Å². The van der Waals surface area contributed by atoms with Gasteiger partial charge in [0.25, 0.3) is 5.91 Å². The molecular weight excluding hydrogens is 720 g/mol. The molecule has 15 nitrogen and oxygen atoms in total. The molecule has 4 heterocycles. The van der Waals surface area contributed by atoms with Crippen LogP contribution >= 0.6 is 0 Å². The van der Waals surface area contributed by atoms with Crippen molar-refractivity contribution in [1.29, 1.82) is 0 Å². The number of carbonyl (C=O) groups is 5. The Morgan fingerprint density at radius 2 is 1.59 bits per heavy atom. The van der Waals surface area contributed by atoms with Crippen LogP contribution in [0.2, 0.25) is 0 Å². The number of methoxy groups -OCH3 is 2. The second kappa shape index (κ2) is 19.7. The smallest absolute Gasteiger partial charge is 0.251 e. The highest BCUT2D eigenvalue weighted by molar-refractivity contribution is 5.95. The predicted molar refractivity (Wildman–Crippen MR) is 208 cm³/mol. The van der Waals surface area contributed by atoms with Crippen molar-refractivity contribution in [3.8, 4) is 28.7 Å². The minimum absolute atomic E-state index is 0.0449. The zero-order valence-corrected chi connectivity index (χ0v) is 32.6. The fraction of sp³-hybridized carbons (Fsp3) is 0.439. The number of hydrogen-bond acceptors (Lipinski definition) is 10. The second-order valence-corrected chi connectivity index (χ2v) is 14.1. The van der Waals surface area contributed by atoms with E-state index < -0.39 is 18.0 Å². The Bertz CT molecular complexity index is 1890. The first kappa shape index (κ1) is 41.3. The van der Waals surface area contributed by atoms with E-state index in [0.29, 0.717) is 54.7 Å². The van der Waals surface area contributed by atoms with Gasteiger partial charge < -0.3 is 45.1 Å². The minimum Gasteiger partial charge on any atom is -0.493 e. The van der Waals surface area contributed by atoms with Gasteiger partial charge in [-0.2, -0.15) is 0 Å². The van der Waals surface area contributed by atoms with Crippen molar-refractivity contribution < 1.29 is 42.9 Å². The molecule has 0 spiro atoms. The third kappa shape index (κ3) is 11.1. The lowest BCUT2D eigenvalue weighted by atomic mass is 10.0. The third-order valence-corrected chi connectivity index (χ3v) is 9.60. The van der Waals surface area contributed by atoms with Gasteiger partial charge in [-0.3, -0.25) is 28.9 Å². The predicted octanol–water partition coefficient (Wildman–Crippen LogP) is 3.00. The van der Waals surface area contributed by atoms with E-state index in [1.54, 1.807) is 48.2 Å². The zero-order valence-electron chi connectivity index (χ0n) is 32.6. The third-order valence-electron chi connectivity index (χ3n) is 9.60. The lowest BCUT2D eigenvalue weighted by Crippen LogP contribution is -2.54. The summed E-state index contributed by atoms with van der Waals surface area (Å²) in [5, 5.41) is 11.3. The number of carbonyl (C=O) groups excluding carboxylic acids is 5. The number of nitrogens with one attached hydrogen (secondary N) is 4.